The van der Waals surface area contributed by atoms with Crippen molar-refractivity contribution in [2.24, 2.45) is 11.7 Å². The van der Waals surface area contributed by atoms with Crippen LogP contribution in [0.4, 0.5) is 4.39 Å². The van der Waals surface area contributed by atoms with Crippen LogP contribution in [0.15, 0.2) is 24.3 Å². The number of halogens is 1. The molecule has 0 radical (unpaired) electrons. The zero-order chi connectivity index (χ0) is 14.8. The molecule has 3 heteroatoms. The summed E-state index contributed by atoms with van der Waals surface area (Å²) in [4.78, 5) is 2.60. The van der Waals surface area contributed by atoms with Crippen molar-refractivity contribution in [3.63, 3.8) is 0 Å². The van der Waals surface area contributed by atoms with Gasteiger partial charge in [0.2, 0.25) is 0 Å². The highest BCUT2D eigenvalue weighted by Crippen LogP contribution is 2.41. The molecule has 2 aliphatic rings. The first-order valence-electron chi connectivity index (χ1n) is 8.47. The van der Waals surface area contributed by atoms with Gasteiger partial charge in [0.05, 0.1) is 6.04 Å². The van der Waals surface area contributed by atoms with E-state index in [1.165, 1.54) is 38.2 Å². The van der Waals surface area contributed by atoms with Crippen LogP contribution in [-0.4, -0.2) is 23.5 Å². The van der Waals surface area contributed by atoms with Gasteiger partial charge in [0.1, 0.15) is 5.82 Å². The summed E-state index contributed by atoms with van der Waals surface area (Å²) >= 11 is 0. The predicted octanol–water partition coefficient (Wildman–Crippen LogP) is 3.87. The number of piperidine rings is 1. The monoisotopic (exact) mass is 290 g/mol. The Labute approximate surface area is 127 Å². The minimum Gasteiger partial charge on any atom is -0.326 e. The van der Waals surface area contributed by atoms with Gasteiger partial charge in [0, 0.05) is 12.1 Å². The lowest BCUT2D eigenvalue weighted by Gasteiger charge is -2.45. The molecular formula is C18H27FN2. The average molecular weight is 290 g/mol. The van der Waals surface area contributed by atoms with Crippen LogP contribution in [0, 0.1) is 11.7 Å². The van der Waals surface area contributed by atoms with Crippen molar-refractivity contribution in [3.05, 3.63) is 35.6 Å². The van der Waals surface area contributed by atoms with Crippen LogP contribution in [0.1, 0.15) is 57.1 Å². The van der Waals surface area contributed by atoms with Gasteiger partial charge in [-0.15, -0.1) is 0 Å². The molecule has 1 saturated carbocycles. The zero-order valence-corrected chi connectivity index (χ0v) is 13.0. The molecule has 2 N–H and O–H groups in total. The summed E-state index contributed by atoms with van der Waals surface area (Å²) in [6, 6.07) is 7.95. The number of benzene rings is 1. The van der Waals surface area contributed by atoms with Gasteiger partial charge in [0.25, 0.3) is 0 Å². The largest absolute Gasteiger partial charge is 0.326 e. The second-order valence-corrected chi connectivity index (χ2v) is 6.71. The normalized spacial score (nSPS) is 29.1. The van der Waals surface area contributed by atoms with E-state index < -0.39 is 0 Å². The molecule has 1 aromatic rings. The van der Waals surface area contributed by atoms with Crippen LogP contribution in [0.3, 0.4) is 0 Å². The molecule has 3 rings (SSSR count). The lowest BCUT2D eigenvalue weighted by Crippen LogP contribution is -2.50. The van der Waals surface area contributed by atoms with Crippen LogP contribution in [0.5, 0.6) is 0 Å². The second kappa shape index (κ2) is 6.45. The Morgan fingerprint density at radius 3 is 2.86 bits per heavy atom. The molecule has 1 saturated heterocycles. The maximum absolute atomic E-state index is 13.7. The van der Waals surface area contributed by atoms with Gasteiger partial charge >= 0.3 is 0 Å². The third-order valence-corrected chi connectivity index (χ3v) is 5.46. The molecule has 1 heterocycles. The van der Waals surface area contributed by atoms with Gasteiger partial charge in [-0.05, 0) is 62.3 Å². The Hall–Kier alpha value is -0.930. The van der Waals surface area contributed by atoms with Gasteiger partial charge in [-0.3, -0.25) is 4.90 Å². The minimum atomic E-state index is -0.152. The van der Waals surface area contributed by atoms with Crippen LogP contribution in [0.2, 0.25) is 0 Å². The standard InChI is InChI=1S/C18H27FN2/c1-2-16(20)18(14-7-3-9-15(19)12-14)21-11-5-8-13-6-4-10-17(13)21/h3,7,9,12-13,16-18H,2,4-6,8,10-11,20H2,1H3. The highest BCUT2D eigenvalue weighted by atomic mass is 19.1. The summed E-state index contributed by atoms with van der Waals surface area (Å²) in [6.07, 6.45) is 7.52. The molecule has 0 aromatic heterocycles. The number of rotatable bonds is 4. The maximum Gasteiger partial charge on any atom is 0.123 e. The fraction of sp³-hybridized carbons (Fsp3) is 0.667. The van der Waals surface area contributed by atoms with Crippen LogP contribution in [-0.2, 0) is 0 Å². The van der Waals surface area contributed by atoms with Crippen molar-refractivity contribution >= 4 is 0 Å². The third kappa shape index (κ3) is 3.00. The number of nitrogens with two attached hydrogens (primary N) is 1. The molecule has 1 aliphatic heterocycles. The zero-order valence-electron chi connectivity index (χ0n) is 13.0. The van der Waals surface area contributed by atoms with Gasteiger partial charge in [-0.25, -0.2) is 4.39 Å². The topological polar surface area (TPSA) is 29.3 Å². The van der Waals surface area contributed by atoms with Gasteiger partial charge in [-0.1, -0.05) is 25.5 Å². The Balaban J connectivity index is 1.91. The van der Waals surface area contributed by atoms with E-state index in [0.29, 0.717) is 6.04 Å². The first-order chi connectivity index (χ1) is 10.2. The molecule has 1 aliphatic carbocycles. The highest BCUT2D eigenvalue weighted by molar-refractivity contribution is 5.22. The third-order valence-electron chi connectivity index (χ3n) is 5.46. The number of likely N-dealkylation sites (tertiary alicyclic amines) is 1. The Morgan fingerprint density at radius 1 is 1.29 bits per heavy atom. The molecular weight excluding hydrogens is 263 g/mol. The van der Waals surface area contributed by atoms with Crippen molar-refractivity contribution in [3.8, 4) is 0 Å². The first-order valence-corrected chi connectivity index (χ1v) is 8.47. The summed E-state index contributed by atoms with van der Waals surface area (Å²) in [5.41, 5.74) is 7.50. The summed E-state index contributed by atoms with van der Waals surface area (Å²) in [7, 11) is 0. The summed E-state index contributed by atoms with van der Waals surface area (Å²) in [5, 5.41) is 0. The molecule has 0 spiro atoms. The maximum atomic E-state index is 13.7. The molecule has 4 unspecified atom stereocenters. The molecule has 2 nitrogen and oxygen atoms in total. The Kier molecular flexibility index (Phi) is 4.60. The van der Waals surface area contributed by atoms with Crippen molar-refractivity contribution in [1.82, 2.24) is 4.90 Å². The van der Waals surface area contributed by atoms with E-state index in [1.807, 2.05) is 12.1 Å². The fourth-order valence-electron chi connectivity index (χ4n) is 4.44. The SMILES string of the molecule is CCC(N)C(c1cccc(F)c1)N1CCCC2CCCC21. The number of hydrogen-bond donors (Lipinski definition) is 1. The summed E-state index contributed by atoms with van der Waals surface area (Å²) in [6.45, 7) is 3.24. The number of nitrogens with zero attached hydrogens (tertiary/aromatic N) is 1. The highest BCUT2D eigenvalue weighted by Gasteiger charge is 2.40. The fourth-order valence-corrected chi connectivity index (χ4v) is 4.44. The molecule has 0 bridgehead atoms. The van der Waals surface area contributed by atoms with Gasteiger partial charge in [-0.2, -0.15) is 0 Å². The van der Waals surface area contributed by atoms with E-state index >= 15 is 0 Å². The van der Waals surface area contributed by atoms with E-state index in [2.05, 4.69) is 11.8 Å². The van der Waals surface area contributed by atoms with Crippen molar-refractivity contribution in [2.45, 2.75) is 63.6 Å². The first kappa shape index (κ1) is 15.0. The number of hydrogen-bond acceptors (Lipinski definition) is 2. The van der Waals surface area contributed by atoms with E-state index in [1.54, 1.807) is 6.07 Å². The Bertz CT molecular complexity index is 476. The van der Waals surface area contributed by atoms with Crippen LogP contribution in [0.25, 0.3) is 0 Å². The quantitative estimate of drug-likeness (QED) is 0.912. The minimum absolute atomic E-state index is 0.0751. The molecule has 116 valence electrons. The summed E-state index contributed by atoms with van der Waals surface area (Å²) < 4.78 is 13.7. The van der Waals surface area contributed by atoms with Gasteiger partial charge < -0.3 is 5.73 Å². The van der Waals surface area contributed by atoms with Gasteiger partial charge in [0.15, 0.2) is 0 Å². The van der Waals surface area contributed by atoms with E-state index in [-0.39, 0.29) is 17.9 Å². The summed E-state index contributed by atoms with van der Waals surface area (Å²) in [5.74, 6) is 0.680. The van der Waals surface area contributed by atoms with E-state index in [0.717, 1.165) is 24.4 Å². The van der Waals surface area contributed by atoms with E-state index in [4.69, 9.17) is 5.73 Å². The molecule has 0 amide bonds. The van der Waals surface area contributed by atoms with Crippen molar-refractivity contribution < 1.29 is 4.39 Å². The van der Waals surface area contributed by atoms with Crippen molar-refractivity contribution in [2.75, 3.05) is 6.54 Å². The van der Waals surface area contributed by atoms with E-state index in [9.17, 15) is 4.39 Å². The predicted molar refractivity (Wildman–Crippen MR) is 84.5 cm³/mol. The number of fused-ring (bicyclic) bond motifs is 1. The lowest BCUT2D eigenvalue weighted by molar-refractivity contribution is 0.0536. The molecule has 4 atom stereocenters. The smallest absolute Gasteiger partial charge is 0.123 e. The molecule has 2 fully saturated rings. The van der Waals surface area contributed by atoms with Crippen molar-refractivity contribution in [1.29, 1.82) is 0 Å². The van der Waals surface area contributed by atoms with Crippen LogP contribution < -0.4 is 5.73 Å². The average Bonchev–Trinajstić information content (AvgIpc) is 2.96. The molecule has 21 heavy (non-hydrogen) atoms. The molecule has 1 aromatic carbocycles. The van der Waals surface area contributed by atoms with Crippen LogP contribution >= 0.6 is 0 Å². The Morgan fingerprint density at radius 2 is 2.10 bits per heavy atom. The second-order valence-electron chi connectivity index (χ2n) is 6.71. The lowest BCUT2D eigenvalue weighted by atomic mass is 9.87.